The predicted molar refractivity (Wildman–Crippen MR) is 84.7 cm³/mol. The first-order chi connectivity index (χ1) is 9.23. The van der Waals surface area contributed by atoms with Gasteiger partial charge in [0.1, 0.15) is 0 Å². The summed E-state index contributed by atoms with van der Waals surface area (Å²) in [6.07, 6.45) is 10.9. The van der Waals surface area contributed by atoms with Gasteiger partial charge in [-0.2, -0.15) is 0 Å². The van der Waals surface area contributed by atoms with Gasteiger partial charge in [0.05, 0.1) is 0 Å². The van der Waals surface area contributed by atoms with Gasteiger partial charge in [0.25, 0.3) is 0 Å². The van der Waals surface area contributed by atoms with Crippen LogP contribution in [0.25, 0.3) is 0 Å². The van der Waals surface area contributed by atoms with Crippen LogP contribution in [0.4, 0.5) is 0 Å². The van der Waals surface area contributed by atoms with Gasteiger partial charge < -0.3 is 0 Å². The van der Waals surface area contributed by atoms with E-state index in [-0.39, 0.29) is 0 Å². The van der Waals surface area contributed by atoms with E-state index in [0.717, 1.165) is 5.92 Å². The van der Waals surface area contributed by atoms with E-state index in [1.165, 1.54) is 56.9 Å². The molecule has 1 aliphatic rings. The summed E-state index contributed by atoms with van der Waals surface area (Å²) in [6.45, 7) is 7.03. The maximum Gasteiger partial charge on any atom is -0.0161 e. The Labute approximate surface area is 119 Å². The van der Waals surface area contributed by atoms with Gasteiger partial charge in [0.2, 0.25) is 0 Å². The molecule has 0 heterocycles. The Kier molecular flexibility index (Phi) is 5.07. The average Bonchev–Trinajstić information content (AvgIpc) is 2.48. The fraction of sp³-hybridized carbons (Fsp3) is 0.684. The van der Waals surface area contributed by atoms with Crippen molar-refractivity contribution in [2.24, 2.45) is 5.41 Å². The lowest BCUT2D eigenvalue weighted by atomic mass is 9.66. The Bertz CT molecular complexity index is 377. The van der Waals surface area contributed by atoms with Crippen LogP contribution in [0.3, 0.4) is 0 Å². The van der Waals surface area contributed by atoms with Crippen molar-refractivity contribution >= 4 is 0 Å². The van der Waals surface area contributed by atoms with Crippen molar-refractivity contribution in [3.05, 3.63) is 35.4 Å². The molecule has 19 heavy (non-hydrogen) atoms. The molecule has 1 aliphatic carbocycles. The van der Waals surface area contributed by atoms with Crippen molar-refractivity contribution in [1.29, 1.82) is 0 Å². The smallest absolute Gasteiger partial charge is 0.0161 e. The average molecular weight is 258 g/mol. The summed E-state index contributed by atoms with van der Waals surface area (Å²) in [5, 5.41) is 0. The third-order valence-corrected chi connectivity index (χ3v) is 5.51. The lowest BCUT2D eigenvalue weighted by Crippen LogP contribution is -2.25. The van der Waals surface area contributed by atoms with Gasteiger partial charge >= 0.3 is 0 Å². The zero-order valence-corrected chi connectivity index (χ0v) is 13.0. The monoisotopic (exact) mass is 258 g/mol. The molecule has 0 heteroatoms. The Balaban J connectivity index is 2.03. The fourth-order valence-corrected chi connectivity index (χ4v) is 3.81. The van der Waals surface area contributed by atoms with Crippen LogP contribution in [0, 0.1) is 5.41 Å². The summed E-state index contributed by atoms with van der Waals surface area (Å²) >= 11 is 0. The zero-order chi connectivity index (χ0) is 13.7. The van der Waals surface area contributed by atoms with E-state index in [1.807, 2.05) is 0 Å². The van der Waals surface area contributed by atoms with Crippen LogP contribution in [0.2, 0.25) is 0 Å². The quantitative estimate of drug-likeness (QED) is 0.598. The predicted octanol–water partition coefficient (Wildman–Crippen LogP) is 6.10. The summed E-state index contributed by atoms with van der Waals surface area (Å²) in [5.41, 5.74) is 3.80. The first-order valence-electron chi connectivity index (χ1n) is 8.32. The molecule has 0 aliphatic heterocycles. The number of aryl methyl sites for hydroxylation is 1. The highest BCUT2D eigenvalue weighted by atomic mass is 14.4. The summed E-state index contributed by atoms with van der Waals surface area (Å²) < 4.78 is 0. The van der Waals surface area contributed by atoms with Gasteiger partial charge in [0.15, 0.2) is 0 Å². The van der Waals surface area contributed by atoms with E-state index in [4.69, 9.17) is 0 Å². The minimum Gasteiger partial charge on any atom is -0.0651 e. The minimum atomic E-state index is 0.664. The SMILES string of the molecule is CCCc1cccc(C2CCC(CC)(CC)CC2)c1. The van der Waals surface area contributed by atoms with Gasteiger partial charge in [0, 0.05) is 0 Å². The molecule has 0 saturated heterocycles. The van der Waals surface area contributed by atoms with Crippen molar-refractivity contribution in [2.75, 3.05) is 0 Å². The molecule has 0 aromatic heterocycles. The van der Waals surface area contributed by atoms with Crippen LogP contribution in [-0.2, 0) is 6.42 Å². The van der Waals surface area contributed by atoms with Crippen LogP contribution in [-0.4, -0.2) is 0 Å². The fourth-order valence-electron chi connectivity index (χ4n) is 3.81. The molecule has 106 valence electrons. The molecule has 0 bridgehead atoms. The van der Waals surface area contributed by atoms with E-state index in [2.05, 4.69) is 45.0 Å². The molecule has 2 rings (SSSR count). The number of benzene rings is 1. The number of hydrogen-bond acceptors (Lipinski definition) is 0. The lowest BCUT2D eigenvalue weighted by Gasteiger charge is -2.39. The third-order valence-electron chi connectivity index (χ3n) is 5.51. The summed E-state index contributed by atoms with van der Waals surface area (Å²) in [6, 6.07) is 9.38. The van der Waals surface area contributed by atoms with Crippen molar-refractivity contribution in [3.63, 3.8) is 0 Å². The molecule has 1 aromatic rings. The number of hydrogen-bond donors (Lipinski definition) is 0. The second-order valence-corrected chi connectivity index (χ2v) is 6.48. The molecular weight excluding hydrogens is 228 g/mol. The van der Waals surface area contributed by atoms with Crippen molar-refractivity contribution in [3.8, 4) is 0 Å². The van der Waals surface area contributed by atoms with Crippen LogP contribution < -0.4 is 0 Å². The topological polar surface area (TPSA) is 0 Å². The van der Waals surface area contributed by atoms with Gasteiger partial charge in [-0.1, -0.05) is 64.3 Å². The van der Waals surface area contributed by atoms with Gasteiger partial charge in [-0.25, -0.2) is 0 Å². The molecule has 0 atom stereocenters. The van der Waals surface area contributed by atoms with E-state index in [1.54, 1.807) is 5.56 Å². The lowest BCUT2D eigenvalue weighted by molar-refractivity contribution is 0.159. The van der Waals surface area contributed by atoms with Gasteiger partial charge in [-0.15, -0.1) is 0 Å². The van der Waals surface area contributed by atoms with E-state index >= 15 is 0 Å². The molecule has 0 unspecified atom stereocenters. The Hall–Kier alpha value is -0.780. The van der Waals surface area contributed by atoms with Crippen LogP contribution in [0.5, 0.6) is 0 Å². The molecule has 1 saturated carbocycles. The Morgan fingerprint density at radius 3 is 2.32 bits per heavy atom. The molecule has 0 amide bonds. The molecular formula is C19H30. The second-order valence-electron chi connectivity index (χ2n) is 6.48. The normalized spacial score (nSPS) is 19.5. The van der Waals surface area contributed by atoms with E-state index in [9.17, 15) is 0 Å². The van der Waals surface area contributed by atoms with E-state index in [0.29, 0.717) is 5.41 Å². The molecule has 0 spiro atoms. The van der Waals surface area contributed by atoms with Gasteiger partial charge in [-0.05, 0) is 54.6 Å². The van der Waals surface area contributed by atoms with Gasteiger partial charge in [-0.3, -0.25) is 0 Å². The first kappa shape index (κ1) is 14.6. The zero-order valence-electron chi connectivity index (χ0n) is 13.0. The van der Waals surface area contributed by atoms with Crippen molar-refractivity contribution < 1.29 is 0 Å². The first-order valence-corrected chi connectivity index (χ1v) is 8.32. The van der Waals surface area contributed by atoms with Crippen molar-refractivity contribution in [2.45, 2.75) is 78.1 Å². The summed E-state index contributed by atoms with van der Waals surface area (Å²) in [4.78, 5) is 0. The molecule has 0 N–H and O–H groups in total. The molecule has 0 nitrogen and oxygen atoms in total. The molecule has 1 aromatic carbocycles. The maximum absolute atomic E-state index is 2.47. The highest BCUT2D eigenvalue weighted by molar-refractivity contribution is 5.27. The highest BCUT2D eigenvalue weighted by Gasteiger charge is 2.32. The number of rotatable bonds is 5. The van der Waals surface area contributed by atoms with Crippen molar-refractivity contribution in [1.82, 2.24) is 0 Å². The van der Waals surface area contributed by atoms with E-state index < -0.39 is 0 Å². The third kappa shape index (κ3) is 3.41. The standard InChI is InChI=1S/C19H30/c1-4-8-16-9-7-10-18(15-16)17-11-13-19(5-2,6-3)14-12-17/h7,9-10,15,17H,4-6,8,11-14H2,1-3H3. The second kappa shape index (κ2) is 6.59. The van der Waals surface area contributed by atoms with Crippen LogP contribution >= 0.6 is 0 Å². The van der Waals surface area contributed by atoms with Crippen LogP contribution in [0.15, 0.2) is 24.3 Å². The van der Waals surface area contributed by atoms with Crippen LogP contribution in [0.1, 0.15) is 82.8 Å². The Morgan fingerprint density at radius 1 is 1.05 bits per heavy atom. The largest absolute Gasteiger partial charge is 0.0651 e. The maximum atomic E-state index is 2.47. The summed E-state index contributed by atoms with van der Waals surface area (Å²) in [5.74, 6) is 0.822. The molecule has 0 radical (unpaired) electrons. The minimum absolute atomic E-state index is 0.664. The molecule has 1 fully saturated rings. The summed E-state index contributed by atoms with van der Waals surface area (Å²) in [7, 11) is 0. The Morgan fingerprint density at radius 2 is 1.74 bits per heavy atom. The highest BCUT2D eigenvalue weighted by Crippen LogP contribution is 2.47.